The summed E-state index contributed by atoms with van der Waals surface area (Å²) in [5.74, 6) is -0.822. The summed E-state index contributed by atoms with van der Waals surface area (Å²) in [5.41, 5.74) is 0. The minimum absolute atomic E-state index is 0.106. The number of carboxylic acids is 1. The lowest BCUT2D eigenvalue weighted by molar-refractivity contribution is -0.136. The van der Waals surface area contributed by atoms with Crippen LogP contribution in [0.5, 0.6) is 0 Å². The highest BCUT2D eigenvalue weighted by Gasteiger charge is 1.95. The van der Waals surface area contributed by atoms with E-state index in [1.54, 1.807) is 36.5 Å². The van der Waals surface area contributed by atoms with E-state index < -0.39 is 18.2 Å². The predicted molar refractivity (Wildman–Crippen MR) is 109 cm³/mol. The van der Waals surface area contributed by atoms with Gasteiger partial charge in [-0.25, -0.2) is 0 Å². The fourth-order valence-corrected chi connectivity index (χ4v) is 1.92. The first-order chi connectivity index (χ1) is 13.1. The number of hydrogen-bond donors (Lipinski definition) is 4. The lowest BCUT2D eigenvalue weighted by Gasteiger charge is -1.99. The van der Waals surface area contributed by atoms with Crippen LogP contribution in [-0.2, 0) is 4.79 Å². The molecule has 0 unspecified atom stereocenters. The van der Waals surface area contributed by atoms with Crippen molar-refractivity contribution in [2.24, 2.45) is 0 Å². The Kier molecular flexibility index (Phi) is 17.1. The second-order valence-electron chi connectivity index (χ2n) is 5.86. The molecule has 0 radical (unpaired) electrons. The van der Waals surface area contributed by atoms with Gasteiger partial charge in [0.05, 0.1) is 12.2 Å². The van der Waals surface area contributed by atoms with Crippen molar-refractivity contribution in [3.05, 3.63) is 72.9 Å². The normalized spacial score (nSPS) is 15.4. The third kappa shape index (κ3) is 20.0. The van der Waals surface area contributed by atoms with Crippen molar-refractivity contribution in [3.8, 4) is 0 Å². The third-order valence-corrected chi connectivity index (χ3v) is 3.34. The minimum atomic E-state index is -0.822. The van der Waals surface area contributed by atoms with E-state index in [9.17, 15) is 15.0 Å². The second kappa shape index (κ2) is 18.6. The van der Waals surface area contributed by atoms with Gasteiger partial charge in [-0.3, -0.25) is 4.79 Å². The van der Waals surface area contributed by atoms with E-state index in [-0.39, 0.29) is 13.0 Å². The molecule has 0 fully saturated rings. The zero-order chi connectivity index (χ0) is 20.2. The summed E-state index contributed by atoms with van der Waals surface area (Å²) >= 11 is 0. The van der Waals surface area contributed by atoms with Gasteiger partial charge in [0.2, 0.25) is 0 Å². The highest BCUT2D eigenvalue weighted by molar-refractivity contribution is 5.66. The van der Waals surface area contributed by atoms with Crippen LogP contribution in [-0.4, -0.2) is 45.2 Å². The van der Waals surface area contributed by atoms with Crippen LogP contribution >= 0.6 is 0 Å². The average molecular weight is 376 g/mol. The molecule has 0 aromatic carbocycles. The molecule has 0 aliphatic carbocycles. The van der Waals surface area contributed by atoms with E-state index in [0.717, 1.165) is 6.42 Å². The molecule has 0 spiro atoms. The predicted octanol–water partition coefficient (Wildman–Crippen LogP) is 3.46. The Bertz CT molecular complexity index is 541. The molecular weight excluding hydrogens is 344 g/mol. The largest absolute Gasteiger partial charge is 0.481 e. The van der Waals surface area contributed by atoms with Crippen molar-refractivity contribution < 1.29 is 25.2 Å². The van der Waals surface area contributed by atoms with Crippen LogP contribution in [0.4, 0.5) is 0 Å². The Labute approximate surface area is 162 Å². The van der Waals surface area contributed by atoms with E-state index >= 15 is 0 Å². The lowest BCUT2D eigenvalue weighted by Crippen LogP contribution is -1.99. The number of allylic oxidation sites excluding steroid dienone is 7. The van der Waals surface area contributed by atoms with Gasteiger partial charge in [0.25, 0.3) is 0 Å². The summed E-state index contributed by atoms with van der Waals surface area (Å²) < 4.78 is 0. The Balaban J connectivity index is 3.85. The molecule has 5 nitrogen and oxygen atoms in total. The monoisotopic (exact) mass is 376 g/mol. The molecule has 0 aliphatic heterocycles. The zero-order valence-electron chi connectivity index (χ0n) is 15.7. The van der Waals surface area contributed by atoms with Crippen LogP contribution in [0, 0.1) is 0 Å². The molecule has 0 aliphatic rings. The first kappa shape index (κ1) is 24.8. The molecule has 0 bridgehead atoms. The van der Waals surface area contributed by atoms with Crippen LogP contribution in [0.15, 0.2) is 72.9 Å². The summed E-state index contributed by atoms with van der Waals surface area (Å²) in [6, 6.07) is 0. The van der Waals surface area contributed by atoms with Crippen LogP contribution in [0.25, 0.3) is 0 Å². The van der Waals surface area contributed by atoms with Crippen molar-refractivity contribution in [2.75, 3.05) is 6.61 Å². The second-order valence-corrected chi connectivity index (χ2v) is 5.86. The maximum Gasteiger partial charge on any atom is 0.303 e. The van der Waals surface area contributed by atoms with Crippen molar-refractivity contribution in [3.63, 3.8) is 0 Å². The summed E-state index contributed by atoms with van der Waals surface area (Å²) in [6.45, 7) is 0.123. The number of carbonyl (C=O) groups is 1. The van der Waals surface area contributed by atoms with Gasteiger partial charge in [-0.1, -0.05) is 72.9 Å². The summed E-state index contributed by atoms with van der Waals surface area (Å²) in [4.78, 5) is 10.3. The molecule has 27 heavy (non-hydrogen) atoms. The van der Waals surface area contributed by atoms with Crippen molar-refractivity contribution in [1.29, 1.82) is 0 Å². The van der Waals surface area contributed by atoms with Crippen LogP contribution in [0.2, 0.25) is 0 Å². The molecule has 4 N–H and O–H groups in total. The fraction of sp³-hybridized carbons (Fsp3) is 0.409. The van der Waals surface area contributed by atoms with Gasteiger partial charge in [0.15, 0.2) is 0 Å². The van der Waals surface area contributed by atoms with Gasteiger partial charge in [-0.2, -0.15) is 0 Å². The SMILES string of the molecule is O=C(O)CCC=CC[C@H](O)C=CC=CCC=CC=C[C@H](O)CC=CCCO. The van der Waals surface area contributed by atoms with E-state index in [1.807, 2.05) is 36.5 Å². The number of hydrogen-bond acceptors (Lipinski definition) is 4. The number of aliphatic carboxylic acids is 1. The summed E-state index contributed by atoms with van der Waals surface area (Å²) in [6.07, 6.45) is 23.7. The third-order valence-electron chi connectivity index (χ3n) is 3.34. The molecule has 0 aromatic rings. The number of aliphatic hydroxyl groups is 3. The van der Waals surface area contributed by atoms with Gasteiger partial charge in [-0.15, -0.1) is 0 Å². The molecule has 0 aromatic heterocycles. The molecule has 5 heteroatoms. The number of carboxylic acid groups (broad SMARTS) is 1. The van der Waals surface area contributed by atoms with Gasteiger partial charge < -0.3 is 20.4 Å². The maximum absolute atomic E-state index is 10.3. The molecule has 0 heterocycles. The maximum atomic E-state index is 10.3. The molecule has 0 rings (SSSR count). The number of rotatable bonds is 15. The molecule has 0 amide bonds. The van der Waals surface area contributed by atoms with Gasteiger partial charge >= 0.3 is 5.97 Å². The van der Waals surface area contributed by atoms with E-state index in [1.165, 1.54) is 0 Å². The smallest absolute Gasteiger partial charge is 0.303 e. The lowest BCUT2D eigenvalue weighted by atomic mass is 10.2. The van der Waals surface area contributed by atoms with Crippen LogP contribution in [0.1, 0.15) is 38.5 Å². The standard InChI is InChI=1S/C22H32O5/c23-19-13-7-11-17-21(25)15-9-5-3-1-2-4-8-14-20(24)16-10-6-12-18-22(26)27/h2-11,14-15,20-21,23-25H,1,12-13,16-19H2,(H,26,27)/t20-,21+/m1/s1. The fourth-order valence-electron chi connectivity index (χ4n) is 1.92. The van der Waals surface area contributed by atoms with Crippen LogP contribution in [0.3, 0.4) is 0 Å². The van der Waals surface area contributed by atoms with Crippen LogP contribution < -0.4 is 0 Å². The van der Waals surface area contributed by atoms with Crippen molar-refractivity contribution >= 4 is 5.97 Å². The van der Waals surface area contributed by atoms with E-state index in [4.69, 9.17) is 10.2 Å². The molecule has 150 valence electrons. The Morgan fingerprint density at radius 1 is 0.741 bits per heavy atom. The molecule has 0 saturated heterocycles. The minimum Gasteiger partial charge on any atom is -0.481 e. The van der Waals surface area contributed by atoms with E-state index in [0.29, 0.717) is 25.7 Å². The Morgan fingerprint density at radius 3 is 1.74 bits per heavy atom. The zero-order valence-corrected chi connectivity index (χ0v) is 15.7. The average Bonchev–Trinajstić information content (AvgIpc) is 2.63. The number of aliphatic hydroxyl groups excluding tert-OH is 3. The first-order valence-corrected chi connectivity index (χ1v) is 9.21. The van der Waals surface area contributed by atoms with Crippen molar-refractivity contribution in [1.82, 2.24) is 0 Å². The van der Waals surface area contributed by atoms with Gasteiger partial charge in [-0.05, 0) is 32.1 Å². The Morgan fingerprint density at radius 2 is 1.26 bits per heavy atom. The van der Waals surface area contributed by atoms with E-state index in [2.05, 4.69) is 0 Å². The topological polar surface area (TPSA) is 98.0 Å². The Hall–Kier alpha value is -2.21. The molecular formula is C22H32O5. The quantitative estimate of drug-likeness (QED) is 0.259. The van der Waals surface area contributed by atoms with Gasteiger partial charge in [0, 0.05) is 13.0 Å². The molecule has 0 saturated carbocycles. The highest BCUT2D eigenvalue weighted by atomic mass is 16.4. The summed E-state index contributed by atoms with van der Waals surface area (Å²) in [5, 5.41) is 36.5. The highest BCUT2D eigenvalue weighted by Crippen LogP contribution is 2.00. The van der Waals surface area contributed by atoms with Gasteiger partial charge in [0.1, 0.15) is 0 Å². The summed E-state index contributed by atoms with van der Waals surface area (Å²) in [7, 11) is 0. The first-order valence-electron chi connectivity index (χ1n) is 9.21. The van der Waals surface area contributed by atoms with Crippen molar-refractivity contribution in [2.45, 2.75) is 50.7 Å². The molecule has 2 atom stereocenters.